The minimum absolute atomic E-state index is 0.383. The Kier molecular flexibility index (Phi) is 3.71. The number of hydrogen-bond acceptors (Lipinski definition) is 4. The summed E-state index contributed by atoms with van der Waals surface area (Å²) < 4.78 is 61.1. The van der Waals surface area contributed by atoms with E-state index in [-0.39, 0.29) is 5.69 Å². The van der Waals surface area contributed by atoms with Gasteiger partial charge < -0.3 is 0 Å². The van der Waals surface area contributed by atoms with Gasteiger partial charge in [-0.25, -0.2) is 22.7 Å². The standard InChI is InChI=1S/C7H10FN3O4S2/c1-10-17(14,15)11-7-3-2-5(4-6(7)8)16(9,12)13/h2-4,10-11H,1H3,(H2,9,12,13). The fraction of sp³-hybridized carbons (Fsp3) is 0.143. The molecule has 7 nitrogen and oxygen atoms in total. The van der Waals surface area contributed by atoms with Crippen LogP contribution in [0.25, 0.3) is 0 Å². The highest BCUT2D eigenvalue weighted by molar-refractivity contribution is 7.90. The second-order valence-electron chi connectivity index (χ2n) is 3.00. The first-order valence-electron chi connectivity index (χ1n) is 4.19. The first-order valence-corrected chi connectivity index (χ1v) is 7.22. The highest BCUT2D eigenvalue weighted by Gasteiger charge is 2.14. The lowest BCUT2D eigenvalue weighted by molar-refractivity contribution is 0.590. The number of nitrogens with two attached hydrogens (primary N) is 1. The van der Waals surface area contributed by atoms with E-state index in [1.54, 1.807) is 0 Å². The van der Waals surface area contributed by atoms with Gasteiger partial charge in [-0.1, -0.05) is 0 Å². The number of primary sulfonamides is 1. The van der Waals surface area contributed by atoms with Gasteiger partial charge in [0, 0.05) is 7.05 Å². The lowest BCUT2D eigenvalue weighted by Gasteiger charge is -2.08. The molecule has 0 fully saturated rings. The molecule has 0 spiro atoms. The molecule has 0 atom stereocenters. The lowest BCUT2D eigenvalue weighted by atomic mass is 10.3. The second-order valence-corrected chi connectivity index (χ2v) is 6.18. The van der Waals surface area contributed by atoms with Crippen LogP contribution in [0.4, 0.5) is 10.1 Å². The van der Waals surface area contributed by atoms with E-state index in [9.17, 15) is 21.2 Å². The molecule has 17 heavy (non-hydrogen) atoms. The Morgan fingerprint density at radius 1 is 1.24 bits per heavy atom. The summed E-state index contributed by atoms with van der Waals surface area (Å²) in [5, 5.41) is 4.78. The number of nitrogens with one attached hydrogen (secondary N) is 2. The smallest absolute Gasteiger partial charge is 0.268 e. The van der Waals surface area contributed by atoms with E-state index < -0.39 is 30.9 Å². The summed E-state index contributed by atoms with van der Waals surface area (Å²) in [5.41, 5.74) is -0.383. The third kappa shape index (κ3) is 3.63. The number of anilines is 1. The van der Waals surface area contributed by atoms with Crippen LogP contribution in [0, 0.1) is 5.82 Å². The largest absolute Gasteiger partial charge is 0.298 e. The van der Waals surface area contributed by atoms with E-state index in [0.29, 0.717) is 6.07 Å². The van der Waals surface area contributed by atoms with Crippen molar-refractivity contribution >= 4 is 25.9 Å². The average molecular weight is 283 g/mol. The number of rotatable bonds is 4. The molecule has 0 aromatic heterocycles. The molecule has 1 rings (SSSR count). The fourth-order valence-electron chi connectivity index (χ4n) is 0.951. The molecule has 0 aliphatic rings. The van der Waals surface area contributed by atoms with Gasteiger partial charge in [0.05, 0.1) is 10.6 Å². The molecule has 1 aromatic carbocycles. The van der Waals surface area contributed by atoms with Crippen molar-refractivity contribution in [2.45, 2.75) is 4.90 Å². The van der Waals surface area contributed by atoms with Crippen molar-refractivity contribution in [2.75, 3.05) is 11.8 Å². The summed E-state index contributed by atoms with van der Waals surface area (Å²) in [6.07, 6.45) is 0. The first kappa shape index (κ1) is 13.8. The quantitative estimate of drug-likeness (QED) is 0.680. The van der Waals surface area contributed by atoms with Crippen LogP contribution >= 0.6 is 0 Å². The Hall–Kier alpha value is -1.23. The summed E-state index contributed by atoms with van der Waals surface area (Å²) in [6.45, 7) is 0. The van der Waals surface area contributed by atoms with Crippen molar-refractivity contribution in [3.05, 3.63) is 24.0 Å². The number of halogens is 1. The molecular formula is C7H10FN3O4S2. The van der Waals surface area contributed by atoms with Crippen LogP contribution in [0.15, 0.2) is 23.1 Å². The van der Waals surface area contributed by atoms with Crippen LogP contribution in [0.2, 0.25) is 0 Å². The van der Waals surface area contributed by atoms with E-state index in [0.717, 1.165) is 19.2 Å². The molecule has 0 aliphatic carbocycles. The van der Waals surface area contributed by atoms with Crippen LogP contribution in [-0.4, -0.2) is 23.9 Å². The third-order valence-electron chi connectivity index (χ3n) is 1.78. The van der Waals surface area contributed by atoms with E-state index in [2.05, 4.69) is 0 Å². The fourth-order valence-corrected chi connectivity index (χ4v) is 2.03. The lowest BCUT2D eigenvalue weighted by Crippen LogP contribution is -2.26. The zero-order valence-corrected chi connectivity index (χ0v) is 10.3. The van der Waals surface area contributed by atoms with Gasteiger partial charge >= 0.3 is 0 Å². The SMILES string of the molecule is CNS(=O)(=O)Nc1ccc(S(N)(=O)=O)cc1F. The highest BCUT2D eigenvalue weighted by atomic mass is 32.2. The molecule has 96 valence electrons. The van der Waals surface area contributed by atoms with E-state index >= 15 is 0 Å². The van der Waals surface area contributed by atoms with E-state index in [1.165, 1.54) is 0 Å². The van der Waals surface area contributed by atoms with Crippen molar-refractivity contribution in [2.24, 2.45) is 5.14 Å². The summed E-state index contributed by atoms with van der Waals surface area (Å²) in [4.78, 5) is -0.442. The first-order chi connectivity index (χ1) is 7.65. The van der Waals surface area contributed by atoms with Crippen molar-refractivity contribution < 1.29 is 21.2 Å². The molecule has 0 heterocycles. The van der Waals surface area contributed by atoms with Crippen molar-refractivity contribution in [3.63, 3.8) is 0 Å². The van der Waals surface area contributed by atoms with Crippen LogP contribution < -0.4 is 14.6 Å². The van der Waals surface area contributed by atoms with Crippen LogP contribution in [0.1, 0.15) is 0 Å². The number of sulfonamides is 1. The van der Waals surface area contributed by atoms with Crippen LogP contribution in [0.5, 0.6) is 0 Å². The van der Waals surface area contributed by atoms with Gasteiger partial charge in [0.25, 0.3) is 10.2 Å². The van der Waals surface area contributed by atoms with E-state index in [4.69, 9.17) is 5.14 Å². The maximum atomic E-state index is 13.4. The molecule has 0 radical (unpaired) electrons. The van der Waals surface area contributed by atoms with Crippen molar-refractivity contribution in [1.29, 1.82) is 0 Å². The van der Waals surface area contributed by atoms with Gasteiger partial charge in [-0.05, 0) is 18.2 Å². The number of hydrogen-bond donors (Lipinski definition) is 3. The maximum absolute atomic E-state index is 13.4. The zero-order valence-electron chi connectivity index (χ0n) is 8.64. The van der Waals surface area contributed by atoms with Gasteiger partial charge in [0.2, 0.25) is 10.0 Å². The van der Waals surface area contributed by atoms with Gasteiger partial charge in [-0.15, -0.1) is 0 Å². The molecule has 0 amide bonds. The predicted molar refractivity (Wildman–Crippen MR) is 59.4 cm³/mol. The summed E-state index contributed by atoms with van der Waals surface area (Å²) >= 11 is 0. The molecule has 4 N–H and O–H groups in total. The minimum Gasteiger partial charge on any atom is -0.268 e. The van der Waals surface area contributed by atoms with Gasteiger partial charge in [0.1, 0.15) is 5.82 Å². The summed E-state index contributed by atoms with van der Waals surface area (Å²) in [6, 6.07) is 2.58. The van der Waals surface area contributed by atoms with Crippen LogP contribution in [0.3, 0.4) is 0 Å². The molecule has 10 heteroatoms. The molecule has 0 saturated heterocycles. The van der Waals surface area contributed by atoms with Gasteiger partial charge in [-0.2, -0.15) is 8.42 Å². The minimum atomic E-state index is -4.02. The summed E-state index contributed by atoms with van der Waals surface area (Å²) in [7, 11) is -6.75. The zero-order chi connectivity index (χ0) is 13.3. The maximum Gasteiger partial charge on any atom is 0.298 e. The normalized spacial score (nSPS) is 12.4. The van der Waals surface area contributed by atoms with E-state index in [1.807, 2.05) is 9.44 Å². The molecule has 0 unspecified atom stereocenters. The Balaban J connectivity index is 3.16. The highest BCUT2D eigenvalue weighted by Crippen LogP contribution is 2.18. The predicted octanol–water partition coefficient (Wildman–Crippen LogP) is -0.651. The average Bonchev–Trinajstić information content (AvgIpc) is 2.19. The Labute approximate surface area is 98.1 Å². The second kappa shape index (κ2) is 4.56. The Morgan fingerprint density at radius 2 is 1.82 bits per heavy atom. The number of benzene rings is 1. The van der Waals surface area contributed by atoms with Crippen molar-refractivity contribution in [1.82, 2.24) is 4.72 Å². The molecule has 0 saturated carbocycles. The molecular weight excluding hydrogens is 273 g/mol. The third-order valence-corrected chi connectivity index (χ3v) is 3.72. The summed E-state index contributed by atoms with van der Waals surface area (Å²) in [5.74, 6) is -1.05. The van der Waals surface area contributed by atoms with Gasteiger partial charge in [0.15, 0.2) is 0 Å². The Bertz CT molecular complexity index is 627. The van der Waals surface area contributed by atoms with Crippen molar-refractivity contribution in [3.8, 4) is 0 Å². The molecule has 1 aromatic rings. The topological polar surface area (TPSA) is 118 Å². The van der Waals surface area contributed by atoms with Gasteiger partial charge in [-0.3, -0.25) is 4.72 Å². The molecule has 0 aliphatic heterocycles. The molecule has 0 bridgehead atoms. The monoisotopic (exact) mass is 283 g/mol. The Morgan fingerprint density at radius 3 is 2.24 bits per heavy atom. The van der Waals surface area contributed by atoms with Crippen LogP contribution in [-0.2, 0) is 20.2 Å².